The minimum Gasteiger partial charge on any atom is -0.325 e. The Balaban J connectivity index is 0.898. The fraction of sp³-hybridized carbons (Fsp3) is 0.0476. The molecule has 2 amide bonds. The van der Waals surface area contributed by atoms with Gasteiger partial charge in [0.1, 0.15) is 0 Å². The second-order valence-electron chi connectivity index (χ2n) is 12.2. The number of anilines is 2. The molecule has 0 fully saturated rings. The number of carbonyl (C=O) groups excluding carboxylic acids is 2. The molecule has 0 aliphatic heterocycles. The molecule has 0 saturated heterocycles. The monoisotopic (exact) mass is 592 g/mol. The molecule has 46 heavy (non-hydrogen) atoms. The highest BCUT2D eigenvalue weighted by molar-refractivity contribution is 6.27. The highest BCUT2D eigenvalue weighted by Gasteiger charge is 2.15. The molecular weight excluding hydrogens is 564 g/mol. The van der Waals surface area contributed by atoms with Crippen LogP contribution in [0.2, 0.25) is 0 Å². The van der Waals surface area contributed by atoms with E-state index in [4.69, 9.17) is 0 Å². The molecule has 1 aliphatic rings. The van der Waals surface area contributed by atoms with Gasteiger partial charge in [0.25, 0.3) is 0 Å². The Morgan fingerprint density at radius 1 is 0.500 bits per heavy atom. The van der Waals surface area contributed by atoms with Gasteiger partial charge in [0.15, 0.2) is 0 Å². The SMILES string of the molecule is O=C(C/C=C1/C=CC(CC(=O)Nc2ccc3ccc4cccc5ccc2c3c45)=C1)Nc1ccc2ccc3cccc4ccc1c2c34. The lowest BCUT2D eigenvalue weighted by Crippen LogP contribution is -2.12. The van der Waals surface area contributed by atoms with Gasteiger partial charge < -0.3 is 10.6 Å². The highest BCUT2D eigenvalue weighted by Crippen LogP contribution is 2.39. The van der Waals surface area contributed by atoms with E-state index < -0.39 is 0 Å². The Morgan fingerprint density at radius 2 is 0.957 bits per heavy atom. The lowest BCUT2D eigenvalue weighted by molar-refractivity contribution is -0.116. The van der Waals surface area contributed by atoms with Crippen LogP contribution >= 0.6 is 0 Å². The summed E-state index contributed by atoms with van der Waals surface area (Å²) in [4.78, 5) is 26.2. The van der Waals surface area contributed by atoms with Crippen LogP contribution in [0, 0.1) is 0 Å². The van der Waals surface area contributed by atoms with Crippen molar-refractivity contribution < 1.29 is 9.59 Å². The van der Waals surface area contributed by atoms with Gasteiger partial charge in [-0.25, -0.2) is 0 Å². The number of rotatable bonds is 6. The normalized spacial score (nSPS) is 14.1. The van der Waals surface area contributed by atoms with Gasteiger partial charge in [-0.15, -0.1) is 0 Å². The second kappa shape index (κ2) is 10.3. The molecule has 4 nitrogen and oxygen atoms in total. The molecule has 0 spiro atoms. The molecule has 218 valence electrons. The Bertz CT molecular complexity index is 2590. The van der Waals surface area contributed by atoms with E-state index in [0.717, 1.165) is 44.1 Å². The van der Waals surface area contributed by atoms with Crippen molar-refractivity contribution >= 4 is 87.8 Å². The zero-order valence-corrected chi connectivity index (χ0v) is 24.9. The number of allylic oxidation sites excluding steroid dienone is 4. The highest BCUT2D eigenvalue weighted by atomic mass is 16.2. The lowest BCUT2D eigenvalue weighted by Gasteiger charge is -2.14. The summed E-state index contributed by atoms with van der Waals surface area (Å²) >= 11 is 0. The van der Waals surface area contributed by atoms with Crippen molar-refractivity contribution in [2.45, 2.75) is 12.8 Å². The van der Waals surface area contributed by atoms with Gasteiger partial charge in [-0.3, -0.25) is 9.59 Å². The molecule has 0 aromatic heterocycles. The van der Waals surface area contributed by atoms with Crippen LogP contribution in [0.1, 0.15) is 12.8 Å². The topological polar surface area (TPSA) is 58.2 Å². The minimum absolute atomic E-state index is 0.0704. The van der Waals surface area contributed by atoms with Crippen molar-refractivity contribution in [1.29, 1.82) is 0 Å². The van der Waals surface area contributed by atoms with Crippen LogP contribution < -0.4 is 10.6 Å². The fourth-order valence-corrected chi connectivity index (χ4v) is 7.23. The summed E-state index contributed by atoms with van der Waals surface area (Å²) in [6.07, 6.45) is 8.29. The first-order chi connectivity index (χ1) is 22.6. The molecule has 0 saturated carbocycles. The average Bonchev–Trinajstić information content (AvgIpc) is 3.53. The zero-order chi connectivity index (χ0) is 30.8. The number of nitrogens with one attached hydrogen (secondary N) is 2. The Morgan fingerprint density at radius 3 is 1.50 bits per heavy atom. The average molecular weight is 593 g/mol. The molecule has 0 heterocycles. The van der Waals surface area contributed by atoms with E-state index in [0.29, 0.717) is 0 Å². The maximum Gasteiger partial charge on any atom is 0.228 e. The second-order valence-corrected chi connectivity index (χ2v) is 12.2. The minimum atomic E-state index is -0.0791. The summed E-state index contributed by atoms with van der Waals surface area (Å²) in [5.41, 5.74) is 3.47. The van der Waals surface area contributed by atoms with Crippen LogP contribution in [-0.2, 0) is 9.59 Å². The van der Waals surface area contributed by atoms with Crippen molar-refractivity contribution in [3.8, 4) is 0 Å². The molecule has 8 aromatic carbocycles. The summed E-state index contributed by atoms with van der Waals surface area (Å²) in [5, 5.41) is 20.3. The first-order valence-electron chi connectivity index (χ1n) is 15.6. The quantitative estimate of drug-likeness (QED) is 0.189. The molecule has 1 aliphatic carbocycles. The molecule has 2 N–H and O–H groups in total. The van der Waals surface area contributed by atoms with Crippen LogP contribution in [0.3, 0.4) is 0 Å². The van der Waals surface area contributed by atoms with Crippen LogP contribution in [0.4, 0.5) is 11.4 Å². The van der Waals surface area contributed by atoms with Gasteiger partial charge in [0.05, 0.1) is 6.42 Å². The summed E-state index contributed by atoms with van der Waals surface area (Å²) < 4.78 is 0. The molecule has 0 unspecified atom stereocenters. The fourth-order valence-electron chi connectivity index (χ4n) is 7.23. The van der Waals surface area contributed by atoms with Crippen molar-refractivity contribution in [1.82, 2.24) is 0 Å². The van der Waals surface area contributed by atoms with Crippen molar-refractivity contribution in [2.75, 3.05) is 10.6 Å². The zero-order valence-electron chi connectivity index (χ0n) is 24.9. The van der Waals surface area contributed by atoms with Crippen LogP contribution in [0.15, 0.2) is 145 Å². The van der Waals surface area contributed by atoms with E-state index in [1.807, 2.05) is 36.4 Å². The number of hydrogen-bond acceptors (Lipinski definition) is 2. The first kappa shape index (κ1) is 26.4. The predicted octanol–water partition coefficient (Wildman–Crippen LogP) is 10.3. The Labute approximate surface area is 265 Å². The smallest absolute Gasteiger partial charge is 0.228 e. The first-order valence-corrected chi connectivity index (χ1v) is 15.6. The van der Waals surface area contributed by atoms with Crippen molar-refractivity contribution in [2.24, 2.45) is 0 Å². The molecule has 8 aromatic rings. The van der Waals surface area contributed by atoms with Gasteiger partial charge in [0.2, 0.25) is 11.8 Å². The van der Waals surface area contributed by atoms with Gasteiger partial charge in [-0.05, 0) is 77.1 Å². The van der Waals surface area contributed by atoms with Crippen LogP contribution in [0.5, 0.6) is 0 Å². The molecule has 0 radical (unpaired) electrons. The molecule has 4 heteroatoms. The lowest BCUT2D eigenvalue weighted by atomic mass is 9.93. The van der Waals surface area contributed by atoms with Crippen LogP contribution in [-0.4, -0.2) is 11.8 Å². The maximum atomic E-state index is 13.2. The number of benzene rings is 8. The summed E-state index contributed by atoms with van der Waals surface area (Å²) in [6.45, 7) is 0. The van der Waals surface area contributed by atoms with Crippen molar-refractivity contribution in [3.63, 3.8) is 0 Å². The van der Waals surface area contributed by atoms with E-state index in [-0.39, 0.29) is 24.7 Å². The molecule has 0 bridgehead atoms. The largest absolute Gasteiger partial charge is 0.325 e. The molecule has 9 rings (SSSR count). The van der Waals surface area contributed by atoms with E-state index in [1.165, 1.54) is 43.1 Å². The molecular formula is C42H28N2O2. The number of hydrogen-bond donors (Lipinski definition) is 2. The van der Waals surface area contributed by atoms with Gasteiger partial charge in [-0.1, -0.05) is 121 Å². The third-order valence-electron chi connectivity index (χ3n) is 9.34. The summed E-state index contributed by atoms with van der Waals surface area (Å²) in [5.74, 6) is -0.150. The third kappa shape index (κ3) is 4.30. The Kier molecular flexibility index (Phi) is 5.90. The number of carbonyl (C=O) groups is 2. The van der Waals surface area contributed by atoms with E-state index >= 15 is 0 Å². The maximum absolute atomic E-state index is 13.2. The van der Waals surface area contributed by atoms with E-state index in [1.54, 1.807) is 0 Å². The van der Waals surface area contributed by atoms with E-state index in [2.05, 4.69) is 108 Å². The van der Waals surface area contributed by atoms with Gasteiger partial charge in [0, 0.05) is 28.6 Å². The summed E-state index contributed by atoms with van der Waals surface area (Å²) in [6, 6.07) is 37.8. The summed E-state index contributed by atoms with van der Waals surface area (Å²) in [7, 11) is 0. The van der Waals surface area contributed by atoms with Gasteiger partial charge >= 0.3 is 0 Å². The molecule has 0 atom stereocenters. The van der Waals surface area contributed by atoms with E-state index in [9.17, 15) is 9.59 Å². The van der Waals surface area contributed by atoms with Crippen LogP contribution in [0.25, 0.3) is 64.6 Å². The Hall–Kier alpha value is -6.00. The predicted molar refractivity (Wildman–Crippen MR) is 192 cm³/mol. The standard InChI is InChI=1S/C42H28N2O2/c45-37(43-35-20-16-31-12-10-27-3-1-5-29-14-18-33(35)41(31)39(27)29)22-9-25-7-8-26(23-25)24-38(46)44-36-21-17-32-13-11-28-4-2-6-30-15-19-34(36)42(32)40(28)30/h1-21,23H,22,24H2,(H,43,45)(H,44,46)/b25-9-. The third-order valence-corrected chi connectivity index (χ3v) is 9.34. The van der Waals surface area contributed by atoms with Gasteiger partial charge in [-0.2, -0.15) is 0 Å². The van der Waals surface area contributed by atoms with Crippen molar-refractivity contribution in [3.05, 3.63) is 145 Å². The number of amides is 2.